The van der Waals surface area contributed by atoms with E-state index in [9.17, 15) is 22.4 Å². The number of anilines is 1. The lowest BCUT2D eigenvalue weighted by Gasteiger charge is -2.11. The molecule has 1 aromatic carbocycles. The third-order valence-corrected chi connectivity index (χ3v) is 3.59. The SMILES string of the molecule is CC(C)NC(=O)NC(=O)CNc1cc(S(C)(=O)=O)ccc1F. The van der Waals surface area contributed by atoms with Crippen molar-refractivity contribution >= 4 is 27.5 Å². The molecule has 3 N–H and O–H groups in total. The van der Waals surface area contributed by atoms with E-state index in [0.717, 1.165) is 24.5 Å². The van der Waals surface area contributed by atoms with E-state index in [4.69, 9.17) is 0 Å². The fraction of sp³-hybridized carbons (Fsp3) is 0.385. The Balaban J connectivity index is 2.68. The highest BCUT2D eigenvalue weighted by Crippen LogP contribution is 2.19. The third kappa shape index (κ3) is 5.68. The van der Waals surface area contributed by atoms with Gasteiger partial charge in [0.25, 0.3) is 0 Å². The van der Waals surface area contributed by atoms with Crippen LogP contribution < -0.4 is 16.0 Å². The minimum Gasteiger partial charge on any atom is -0.374 e. The van der Waals surface area contributed by atoms with Crippen LogP contribution in [0.5, 0.6) is 0 Å². The van der Waals surface area contributed by atoms with Crippen molar-refractivity contribution in [3.05, 3.63) is 24.0 Å². The van der Waals surface area contributed by atoms with Crippen LogP contribution >= 0.6 is 0 Å². The Labute approximate surface area is 128 Å². The monoisotopic (exact) mass is 331 g/mol. The lowest BCUT2D eigenvalue weighted by atomic mass is 10.3. The number of amides is 3. The van der Waals surface area contributed by atoms with Gasteiger partial charge in [0.1, 0.15) is 5.82 Å². The first-order chi connectivity index (χ1) is 10.1. The quantitative estimate of drug-likeness (QED) is 0.695. The molecule has 0 aliphatic rings. The summed E-state index contributed by atoms with van der Waals surface area (Å²) in [4.78, 5) is 22.8. The molecule has 0 bridgehead atoms. The number of nitrogens with one attached hydrogen (secondary N) is 3. The van der Waals surface area contributed by atoms with Gasteiger partial charge in [0.05, 0.1) is 17.1 Å². The summed E-state index contributed by atoms with van der Waals surface area (Å²) in [6, 6.07) is 2.41. The summed E-state index contributed by atoms with van der Waals surface area (Å²) in [5.74, 6) is -1.38. The van der Waals surface area contributed by atoms with Crippen LogP contribution in [0.1, 0.15) is 13.8 Å². The first-order valence-electron chi connectivity index (χ1n) is 6.43. The molecule has 7 nitrogen and oxygen atoms in total. The fourth-order valence-corrected chi connectivity index (χ4v) is 2.16. The Kier molecular flexibility index (Phi) is 5.86. The van der Waals surface area contributed by atoms with Gasteiger partial charge in [-0.25, -0.2) is 17.6 Å². The van der Waals surface area contributed by atoms with Crippen molar-refractivity contribution in [2.45, 2.75) is 24.8 Å². The standard InChI is InChI=1S/C13H18FN3O4S/c1-8(2)16-13(19)17-12(18)7-15-11-6-9(22(3,20)21)4-5-10(11)14/h4-6,8,15H,7H2,1-3H3,(H2,16,17,18,19). The largest absolute Gasteiger partial charge is 0.374 e. The summed E-state index contributed by atoms with van der Waals surface area (Å²) >= 11 is 0. The van der Waals surface area contributed by atoms with Gasteiger partial charge in [-0.1, -0.05) is 0 Å². The molecule has 22 heavy (non-hydrogen) atoms. The van der Waals surface area contributed by atoms with Crippen molar-refractivity contribution in [3.8, 4) is 0 Å². The lowest BCUT2D eigenvalue weighted by molar-refractivity contribution is -0.118. The van der Waals surface area contributed by atoms with Gasteiger partial charge in [0.2, 0.25) is 5.91 Å². The van der Waals surface area contributed by atoms with Gasteiger partial charge in [0.15, 0.2) is 9.84 Å². The van der Waals surface area contributed by atoms with Crippen LogP contribution in [0.2, 0.25) is 0 Å². The first-order valence-corrected chi connectivity index (χ1v) is 8.32. The maximum Gasteiger partial charge on any atom is 0.321 e. The summed E-state index contributed by atoms with van der Waals surface area (Å²) in [5, 5.41) is 6.97. The van der Waals surface area contributed by atoms with E-state index >= 15 is 0 Å². The van der Waals surface area contributed by atoms with Crippen molar-refractivity contribution in [1.29, 1.82) is 0 Å². The van der Waals surface area contributed by atoms with Crippen LogP contribution in [0.4, 0.5) is 14.9 Å². The van der Waals surface area contributed by atoms with Crippen molar-refractivity contribution in [2.75, 3.05) is 18.1 Å². The predicted octanol–water partition coefficient (Wildman–Crippen LogP) is 0.875. The third-order valence-electron chi connectivity index (χ3n) is 2.48. The summed E-state index contributed by atoms with van der Waals surface area (Å²) < 4.78 is 36.4. The second-order valence-electron chi connectivity index (χ2n) is 4.94. The van der Waals surface area contributed by atoms with Gasteiger partial charge < -0.3 is 10.6 Å². The van der Waals surface area contributed by atoms with E-state index in [0.29, 0.717) is 0 Å². The minimum atomic E-state index is -3.48. The van der Waals surface area contributed by atoms with E-state index in [1.54, 1.807) is 13.8 Å². The first kappa shape index (κ1) is 17.9. The van der Waals surface area contributed by atoms with Crippen molar-refractivity contribution in [2.24, 2.45) is 0 Å². The maximum absolute atomic E-state index is 13.6. The number of sulfone groups is 1. The van der Waals surface area contributed by atoms with Crippen LogP contribution in [0.15, 0.2) is 23.1 Å². The fourth-order valence-electron chi connectivity index (χ4n) is 1.52. The van der Waals surface area contributed by atoms with Crippen LogP contribution in [-0.2, 0) is 14.6 Å². The highest BCUT2D eigenvalue weighted by atomic mass is 32.2. The molecule has 0 aliphatic carbocycles. The van der Waals surface area contributed by atoms with Crippen molar-refractivity contribution in [1.82, 2.24) is 10.6 Å². The smallest absolute Gasteiger partial charge is 0.321 e. The maximum atomic E-state index is 13.6. The van der Waals surface area contributed by atoms with E-state index < -0.39 is 27.6 Å². The average Bonchev–Trinajstić information content (AvgIpc) is 2.35. The van der Waals surface area contributed by atoms with Crippen LogP contribution in [0.3, 0.4) is 0 Å². The molecule has 9 heteroatoms. The number of rotatable bonds is 5. The minimum absolute atomic E-state index is 0.0747. The second kappa shape index (κ2) is 7.21. The van der Waals surface area contributed by atoms with Crippen LogP contribution in [0, 0.1) is 5.82 Å². The second-order valence-corrected chi connectivity index (χ2v) is 6.96. The Morgan fingerprint density at radius 3 is 2.45 bits per heavy atom. The van der Waals surface area contributed by atoms with Gasteiger partial charge in [-0.2, -0.15) is 0 Å². The molecule has 0 atom stereocenters. The predicted molar refractivity (Wildman–Crippen MR) is 79.8 cm³/mol. The molecular formula is C13H18FN3O4S. The number of carbonyl (C=O) groups is 2. The van der Waals surface area contributed by atoms with Gasteiger partial charge in [-0.3, -0.25) is 10.1 Å². The normalized spacial score (nSPS) is 11.1. The number of imide groups is 1. The molecule has 0 aromatic heterocycles. The van der Waals surface area contributed by atoms with E-state index in [2.05, 4.69) is 16.0 Å². The molecule has 0 saturated heterocycles. The molecule has 1 aromatic rings. The highest BCUT2D eigenvalue weighted by molar-refractivity contribution is 7.90. The average molecular weight is 331 g/mol. The number of urea groups is 1. The number of carbonyl (C=O) groups excluding carboxylic acids is 2. The van der Waals surface area contributed by atoms with Gasteiger partial charge in [0, 0.05) is 12.3 Å². The Morgan fingerprint density at radius 1 is 1.27 bits per heavy atom. The zero-order chi connectivity index (χ0) is 16.9. The molecule has 0 fully saturated rings. The Morgan fingerprint density at radius 2 is 1.91 bits per heavy atom. The van der Waals surface area contributed by atoms with Crippen molar-refractivity contribution in [3.63, 3.8) is 0 Å². The zero-order valence-electron chi connectivity index (χ0n) is 12.4. The number of benzene rings is 1. The van der Waals surface area contributed by atoms with Gasteiger partial charge in [-0.15, -0.1) is 0 Å². The molecule has 0 aliphatic heterocycles. The Hall–Kier alpha value is -2.16. The molecule has 0 heterocycles. The van der Waals surface area contributed by atoms with Crippen LogP contribution in [-0.4, -0.2) is 39.2 Å². The summed E-state index contributed by atoms with van der Waals surface area (Å²) in [5.41, 5.74) is -0.137. The molecule has 122 valence electrons. The summed E-state index contributed by atoms with van der Waals surface area (Å²) in [6.45, 7) is 3.08. The van der Waals surface area contributed by atoms with Crippen LogP contribution in [0.25, 0.3) is 0 Å². The topological polar surface area (TPSA) is 104 Å². The molecule has 0 radical (unpaired) electrons. The van der Waals surface area contributed by atoms with E-state index in [1.807, 2.05) is 0 Å². The van der Waals surface area contributed by atoms with E-state index in [1.165, 1.54) is 0 Å². The summed E-state index contributed by atoms with van der Waals surface area (Å²) in [7, 11) is -3.48. The molecule has 0 spiro atoms. The highest BCUT2D eigenvalue weighted by Gasteiger charge is 2.13. The molecule has 0 saturated carbocycles. The Bertz CT molecular complexity index is 674. The molecular weight excluding hydrogens is 313 g/mol. The van der Waals surface area contributed by atoms with Gasteiger partial charge in [-0.05, 0) is 32.0 Å². The number of halogens is 1. The number of hydrogen-bond acceptors (Lipinski definition) is 5. The van der Waals surface area contributed by atoms with Crippen molar-refractivity contribution < 1.29 is 22.4 Å². The zero-order valence-corrected chi connectivity index (χ0v) is 13.3. The van der Waals surface area contributed by atoms with Gasteiger partial charge >= 0.3 is 6.03 Å². The lowest BCUT2D eigenvalue weighted by Crippen LogP contribution is -2.44. The summed E-state index contributed by atoms with van der Waals surface area (Å²) in [6.07, 6.45) is 0.993. The number of hydrogen-bond donors (Lipinski definition) is 3. The molecule has 0 unspecified atom stereocenters. The molecule has 1 rings (SSSR count). The van der Waals surface area contributed by atoms with E-state index in [-0.39, 0.29) is 23.2 Å². The molecule has 3 amide bonds.